The third-order valence-corrected chi connectivity index (χ3v) is 4.26. The fourth-order valence-corrected chi connectivity index (χ4v) is 2.05. The Labute approximate surface area is 101 Å². The molecule has 0 aliphatic carbocycles. The maximum atomic E-state index is 5.08. The Balaban J connectivity index is -0.000000201. The molecule has 0 fully saturated rings. The quantitative estimate of drug-likeness (QED) is 0.585. The van der Waals surface area contributed by atoms with Crippen LogP contribution in [-0.2, 0) is 13.3 Å². The first kappa shape index (κ1) is 21.3. The minimum Gasteiger partial charge on any atom is -0.377 e. The third-order valence-electron chi connectivity index (χ3n) is 1.53. The number of hydrogen-bond donors (Lipinski definition) is 3. The first-order valence-corrected chi connectivity index (χ1v) is 7.26. The lowest BCUT2D eigenvalue weighted by Crippen LogP contribution is -2.41. The van der Waals surface area contributed by atoms with E-state index in [2.05, 4.69) is 0 Å². The maximum absolute atomic E-state index is 5.08. The molecule has 0 unspecified atom stereocenters. The molecule has 0 bridgehead atoms. The van der Waals surface area contributed by atoms with Crippen molar-refractivity contribution in [3.63, 3.8) is 0 Å². The van der Waals surface area contributed by atoms with Crippen molar-refractivity contribution < 1.29 is 13.3 Å². The van der Waals surface area contributed by atoms with Crippen LogP contribution >= 0.6 is 0 Å². The summed E-state index contributed by atoms with van der Waals surface area (Å²) in [6.45, 7) is 5.84. The van der Waals surface area contributed by atoms with Crippen LogP contribution in [0.15, 0.2) is 0 Å². The van der Waals surface area contributed by atoms with Gasteiger partial charge in [0.25, 0.3) is 0 Å². The summed E-state index contributed by atoms with van der Waals surface area (Å²) in [5.74, 6) is 0. The van der Waals surface area contributed by atoms with Crippen LogP contribution in [0.25, 0.3) is 0 Å². The van der Waals surface area contributed by atoms with Crippen LogP contribution in [0.3, 0.4) is 0 Å². The Morgan fingerprint density at radius 2 is 1.06 bits per heavy atom. The van der Waals surface area contributed by atoms with E-state index < -0.39 is 8.80 Å². The molecule has 0 aromatic carbocycles. The zero-order valence-corrected chi connectivity index (χ0v) is 12.3. The summed E-state index contributed by atoms with van der Waals surface area (Å²) in [5, 5.41) is 0. The van der Waals surface area contributed by atoms with Crippen molar-refractivity contribution in [1.82, 2.24) is 0 Å². The molecule has 6 nitrogen and oxygen atoms in total. The molecule has 0 rings (SSSR count). The Morgan fingerprint density at radius 3 is 1.06 bits per heavy atom. The second-order valence-electron chi connectivity index (χ2n) is 2.63. The molecule has 0 spiro atoms. The van der Waals surface area contributed by atoms with Gasteiger partial charge in [0.15, 0.2) is 0 Å². The van der Waals surface area contributed by atoms with Gasteiger partial charge in [-0.15, -0.1) is 0 Å². The van der Waals surface area contributed by atoms with Gasteiger partial charge in [-0.05, 0) is 6.54 Å². The molecule has 0 heterocycles. The molecule has 0 aliphatic rings. The number of nitrogens with two attached hydrogens (primary N) is 3. The van der Waals surface area contributed by atoms with Gasteiger partial charge in [0, 0.05) is 40.5 Å². The van der Waals surface area contributed by atoms with Crippen LogP contribution in [0, 0.1) is 0 Å². The molecule has 0 atom stereocenters. The van der Waals surface area contributed by atoms with Gasteiger partial charge >= 0.3 is 8.80 Å². The first-order chi connectivity index (χ1) is 7.57. The van der Waals surface area contributed by atoms with Crippen molar-refractivity contribution in [3.8, 4) is 0 Å². The maximum Gasteiger partial charge on any atom is 0.499 e. The summed E-state index contributed by atoms with van der Waals surface area (Å²) in [7, 11) is 2.65. The smallest absolute Gasteiger partial charge is 0.377 e. The van der Waals surface area contributed by atoms with E-state index in [-0.39, 0.29) is 0 Å². The van der Waals surface area contributed by atoms with Gasteiger partial charge < -0.3 is 30.5 Å². The Kier molecular flexibility index (Phi) is 23.1. The number of rotatable bonds is 5. The summed E-state index contributed by atoms with van der Waals surface area (Å²) in [4.78, 5) is 0. The zero-order chi connectivity index (χ0) is 13.4. The molecule has 0 amide bonds. The normalized spacial score (nSPS) is 9.75. The van der Waals surface area contributed by atoms with Crippen LogP contribution in [0.2, 0.25) is 6.04 Å². The minimum absolute atomic E-state index is 0.597. The number of hydrogen-bond acceptors (Lipinski definition) is 6. The predicted octanol–water partition coefficient (Wildman–Crippen LogP) is -0.247. The van der Waals surface area contributed by atoms with Crippen molar-refractivity contribution in [3.05, 3.63) is 0 Å². The lowest BCUT2D eigenvalue weighted by atomic mass is 10.7. The molecule has 0 saturated heterocycles. The minimum atomic E-state index is -2.19. The highest BCUT2D eigenvalue weighted by Crippen LogP contribution is 2.10. The van der Waals surface area contributed by atoms with E-state index in [1.54, 1.807) is 21.3 Å². The van der Waals surface area contributed by atoms with Crippen molar-refractivity contribution >= 4 is 8.80 Å². The van der Waals surface area contributed by atoms with Gasteiger partial charge in [0.2, 0.25) is 0 Å². The highest BCUT2D eigenvalue weighted by molar-refractivity contribution is 6.60. The summed E-state index contributed by atoms with van der Waals surface area (Å²) in [6.07, 6.45) is 0. The average molecular weight is 255 g/mol. The molecule has 102 valence electrons. The molecule has 0 aromatic heterocycles. The Bertz CT molecular complexity index is 96.7. The molecule has 0 radical (unpaired) electrons. The van der Waals surface area contributed by atoms with Crippen LogP contribution in [-0.4, -0.2) is 49.8 Å². The van der Waals surface area contributed by atoms with Crippen LogP contribution in [0.5, 0.6) is 0 Å². The van der Waals surface area contributed by atoms with Crippen molar-refractivity contribution in [2.75, 3.05) is 41.0 Å². The van der Waals surface area contributed by atoms with Crippen molar-refractivity contribution in [2.45, 2.75) is 19.9 Å². The monoisotopic (exact) mass is 255 g/mol. The fourth-order valence-electron chi connectivity index (χ4n) is 0.683. The van der Waals surface area contributed by atoms with Gasteiger partial charge in [-0.1, -0.05) is 13.8 Å². The molecular weight excluding hydrogens is 226 g/mol. The van der Waals surface area contributed by atoms with Crippen LogP contribution < -0.4 is 17.2 Å². The second kappa shape index (κ2) is 17.4. The summed E-state index contributed by atoms with van der Waals surface area (Å²) in [5.41, 5.74) is 14.7. The van der Waals surface area contributed by atoms with Crippen LogP contribution in [0.1, 0.15) is 13.8 Å². The van der Waals surface area contributed by atoms with E-state index in [4.69, 9.17) is 30.5 Å². The summed E-state index contributed by atoms with van der Waals surface area (Å²) in [6, 6.07) is 0.816. The van der Waals surface area contributed by atoms with E-state index in [9.17, 15) is 0 Å². The van der Waals surface area contributed by atoms with E-state index in [1.807, 2.05) is 13.8 Å². The molecule has 0 saturated carbocycles. The van der Waals surface area contributed by atoms with Crippen molar-refractivity contribution in [1.29, 1.82) is 0 Å². The lowest BCUT2D eigenvalue weighted by Gasteiger charge is -2.22. The average Bonchev–Trinajstić information content (AvgIpc) is 2.34. The van der Waals surface area contributed by atoms with E-state index >= 15 is 0 Å². The van der Waals surface area contributed by atoms with Gasteiger partial charge in [0.05, 0.1) is 0 Å². The third kappa shape index (κ3) is 14.0. The van der Waals surface area contributed by atoms with E-state index in [0.717, 1.165) is 12.6 Å². The molecule has 0 aromatic rings. The standard InChI is InChI=1S/C5H14O3Si.C2H8N2.C2H7N/c1-5-9(6-2,7-3)8-4;3-1-2-4;1-2-3/h5H2,1-4H3;1-4H2;2-3H2,1H3. The highest BCUT2D eigenvalue weighted by atomic mass is 28.4. The molecule has 16 heavy (non-hydrogen) atoms. The van der Waals surface area contributed by atoms with Crippen molar-refractivity contribution in [2.24, 2.45) is 17.2 Å². The SMILES string of the molecule is CCN.CC[Si](OC)(OC)OC.NCCN. The Morgan fingerprint density at radius 1 is 0.812 bits per heavy atom. The summed E-state index contributed by atoms with van der Waals surface area (Å²) < 4.78 is 15.2. The molecule has 6 N–H and O–H groups in total. The molecular formula is C9H29N3O3Si. The lowest BCUT2D eigenvalue weighted by molar-refractivity contribution is 0.125. The Hall–Kier alpha value is -0.0231. The summed E-state index contributed by atoms with van der Waals surface area (Å²) >= 11 is 0. The van der Waals surface area contributed by atoms with Crippen LogP contribution in [0.4, 0.5) is 0 Å². The van der Waals surface area contributed by atoms with Gasteiger partial charge in [-0.2, -0.15) is 0 Å². The van der Waals surface area contributed by atoms with Gasteiger partial charge in [-0.3, -0.25) is 0 Å². The molecule has 7 heteroatoms. The second-order valence-corrected chi connectivity index (χ2v) is 5.93. The van der Waals surface area contributed by atoms with Gasteiger partial charge in [0.1, 0.15) is 0 Å². The zero-order valence-electron chi connectivity index (χ0n) is 11.3. The van der Waals surface area contributed by atoms with E-state index in [0.29, 0.717) is 13.1 Å². The topological polar surface area (TPSA) is 106 Å². The predicted molar refractivity (Wildman–Crippen MR) is 70.1 cm³/mol. The van der Waals surface area contributed by atoms with Gasteiger partial charge in [-0.25, -0.2) is 0 Å². The highest BCUT2D eigenvalue weighted by Gasteiger charge is 2.34. The largest absolute Gasteiger partial charge is 0.499 e. The molecule has 0 aliphatic heterocycles. The first-order valence-electron chi connectivity index (χ1n) is 5.33. The van der Waals surface area contributed by atoms with E-state index in [1.165, 1.54) is 0 Å². The fraction of sp³-hybridized carbons (Fsp3) is 1.00.